The Morgan fingerprint density at radius 1 is 0.778 bits per heavy atom. The predicted octanol–water partition coefficient (Wildman–Crippen LogP) is -6.37. The van der Waals surface area contributed by atoms with Gasteiger partial charge in [0.1, 0.15) is 54.9 Å². The summed E-state index contributed by atoms with van der Waals surface area (Å²) in [7, 11) is -10.4. The van der Waals surface area contributed by atoms with Gasteiger partial charge in [0.15, 0.2) is 12.6 Å². The minimum Gasteiger partial charge on any atom is -0.394 e. The molecule has 19 nitrogen and oxygen atoms in total. The fraction of sp³-hybridized carbons (Fsp3) is 1.00. The summed E-state index contributed by atoms with van der Waals surface area (Å²) in [6, 6.07) is 0. The molecule has 9 N–H and O–H groups in total. The van der Waals surface area contributed by atoms with Gasteiger partial charge < -0.3 is 54.7 Å². The van der Waals surface area contributed by atoms with Crippen molar-refractivity contribution in [3.8, 4) is 0 Å². The molecule has 214 valence electrons. The highest BCUT2D eigenvalue weighted by Gasteiger charge is 2.52. The van der Waals surface area contributed by atoms with E-state index < -0.39 is 115 Å². The maximum Gasteiger partial charge on any atom is 0.397 e. The monoisotopic (exact) mass is 576 g/mol. The van der Waals surface area contributed by atoms with Crippen molar-refractivity contribution in [2.75, 3.05) is 26.4 Å². The summed E-state index contributed by atoms with van der Waals surface area (Å²) < 4.78 is 91.1. The summed E-state index contributed by atoms with van der Waals surface area (Å²) >= 11 is 0. The first-order valence-electron chi connectivity index (χ1n) is 10.1. The van der Waals surface area contributed by atoms with Crippen LogP contribution in [-0.4, -0.2) is 156 Å². The van der Waals surface area contributed by atoms with E-state index in [4.69, 9.17) is 33.2 Å². The molecule has 2 aliphatic heterocycles. The van der Waals surface area contributed by atoms with Crippen molar-refractivity contribution in [1.82, 2.24) is 0 Å². The summed E-state index contributed by atoms with van der Waals surface area (Å²) in [6.07, 6.45) is -21.0. The highest BCUT2D eigenvalue weighted by atomic mass is 32.3. The van der Waals surface area contributed by atoms with Gasteiger partial charge >= 0.3 is 20.8 Å². The lowest BCUT2D eigenvalue weighted by atomic mass is 9.97. The van der Waals surface area contributed by atoms with Gasteiger partial charge in [0.25, 0.3) is 0 Å². The predicted molar refractivity (Wildman–Crippen MR) is 106 cm³/mol. The molecule has 2 heterocycles. The molecule has 0 bridgehead atoms. The Labute approximate surface area is 204 Å². The van der Waals surface area contributed by atoms with Gasteiger partial charge in [0.05, 0.1) is 26.4 Å². The zero-order chi connectivity index (χ0) is 27.4. The van der Waals surface area contributed by atoms with E-state index in [0.29, 0.717) is 0 Å². The summed E-state index contributed by atoms with van der Waals surface area (Å²) in [5.74, 6) is 0. The molecule has 0 aliphatic carbocycles. The number of ether oxygens (including phenoxy) is 4. The lowest BCUT2D eigenvalue weighted by molar-refractivity contribution is -0.367. The van der Waals surface area contributed by atoms with Gasteiger partial charge in [-0.25, -0.2) is 8.37 Å². The maximum absolute atomic E-state index is 11.2. The minimum atomic E-state index is -5.33. The molecule has 2 rings (SSSR count). The molecule has 2 fully saturated rings. The molecule has 0 aromatic carbocycles. The standard InChI is InChI=1S/C15H28O19S2/c16-1-5(18)3-29-15-13(10(21)8(19)6(2-17)31-15)33-14-11(22)12(34-36(26,27)28)9(20)7(32-14)4-30-35(23,24)25/h5-22H,1-4H2,(H,23,24,25)(H,26,27,28)/t5?,6-,7-,8-,9-,10+,11+,12+,13-,14-,15+/m1/s1. The van der Waals surface area contributed by atoms with E-state index >= 15 is 0 Å². The van der Waals surface area contributed by atoms with E-state index in [0.717, 1.165) is 0 Å². The van der Waals surface area contributed by atoms with Crippen LogP contribution in [0.25, 0.3) is 0 Å². The number of hydrogen-bond acceptors (Lipinski definition) is 17. The smallest absolute Gasteiger partial charge is 0.394 e. The Balaban J connectivity index is 2.32. The SMILES string of the molecule is O=S(=O)(O)OC[C@H]1O[C@H](O[C@H]2[C@@H](OCC(O)CO)O[C@H](CO)[C@@H](O)[C@@H]2O)[C@@H](O)[C@@H](OS(=O)(=O)O)[C@@H]1O. The summed E-state index contributed by atoms with van der Waals surface area (Å²) in [6.45, 7) is -3.37. The zero-order valence-corrected chi connectivity index (χ0v) is 19.7. The van der Waals surface area contributed by atoms with Crippen LogP contribution in [0.3, 0.4) is 0 Å². The van der Waals surface area contributed by atoms with Crippen molar-refractivity contribution in [2.45, 2.75) is 67.5 Å². The van der Waals surface area contributed by atoms with Gasteiger partial charge in [0, 0.05) is 0 Å². The average molecular weight is 577 g/mol. The highest BCUT2D eigenvalue weighted by molar-refractivity contribution is 7.81. The van der Waals surface area contributed by atoms with E-state index in [9.17, 15) is 47.5 Å². The molecule has 36 heavy (non-hydrogen) atoms. The van der Waals surface area contributed by atoms with Crippen LogP contribution in [0.15, 0.2) is 0 Å². The first kappa shape index (κ1) is 31.5. The highest BCUT2D eigenvalue weighted by Crippen LogP contribution is 2.31. The number of rotatable bonds is 12. The topological polar surface area (TPSA) is 306 Å². The van der Waals surface area contributed by atoms with Gasteiger partial charge in [-0.05, 0) is 0 Å². The fourth-order valence-corrected chi connectivity index (χ4v) is 4.12. The quantitative estimate of drug-likeness (QED) is 0.0975. The first-order chi connectivity index (χ1) is 16.6. The molecule has 1 unspecified atom stereocenters. The van der Waals surface area contributed by atoms with Crippen molar-refractivity contribution < 1.29 is 89.0 Å². The van der Waals surface area contributed by atoms with Gasteiger partial charge in [-0.15, -0.1) is 0 Å². The number of aliphatic hydroxyl groups is 7. The van der Waals surface area contributed by atoms with Crippen LogP contribution in [-0.2, 0) is 48.1 Å². The van der Waals surface area contributed by atoms with Crippen LogP contribution < -0.4 is 0 Å². The molecule has 0 saturated carbocycles. The molecular weight excluding hydrogens is 548 g/mol. The lowest BCUT2D eigenvalue weighted by Gasteiger charge is -2.46. The Kier molecular flexibility index (Phi) is 11.3. The van der Waals surface area contributed by atoms with E-state index in [2.05, 4.69) is 8.37 Å². The van der Waals surface area contributed by atoms with E-state index in [1.165, 1.54) is 0 Å². The van der Waals surface area contributed by atoms with Crippen LogP contribution in [0.4, 0.5) is 0 Å². The van der Waals surface area contributed by atoms with Crippen molar-refractivity contribution in [1.29, 1.82) is 0 Å². The molecule has 0 aromatic heterocycles. The second-order valence-corrected chi connectivity index (χ2v) is 9.84. The first-order valence-corrected chi connectivity index (χ1v) is 12.8. The molecule has 2 saturated heterocycles. The minimum absolute atomic E-state index is 0.617. The van der Waals surface area contributed by atoms with E-state index in [1.807, 2.05) is 0 Å². The second-order valence-electron chi connectivity index (χ2n) is 7.70. The molecule has 0 spiro atoms. The Morgan fingerprint density at radius 2 is 1.39 bits per heavy atom. The van der Waals surface area contributed by atoms with Crippen LogP contribution in [0, 0.1) is 0 Å². The van der Waals surface area contributed by atoms with Gasteiger partial charge in [0.2, 0.25) is 0 Å². The molecule has 0 amide bonds. The molecular formula is C15H28O19S2. The Bertz CT molecular complexity index is 897. The van der Waals surface area contributed by atoms with Gasteiger partial charge in [-0.1, -0.05) is 0 Å². The summed E-state index contributed by atoms with van der Waals surface area (Å²) in [5, 5.41) is 69.2. The second kappa shape index (κ2) is 12.9. The van der Waals surface area contributed by atoms with Crippen LogP contribution in [0.5, 0.6) is 0 Å². The maximum atomic E-state index is 11.2. The summed E-state index contributed by atoms with van der Waals surface area (Å²) in [5.41, 5.74) is 0. The molecule has 0 radical (unpaired) electrons. The van der Waals surface area contributed by atoms with Crippen molar-refractivity contribution in [3.05, 3.63) is 0 Å². The van der Waals surface area contributed by atoms with Crippen LogP contribution in [0.2, 0.25) is 0 Å². The Morgan fingerprint density at radius 3 is 1.92 bits per heavy atom. The largest absolute Gasteiger partial charge is 0.397 e. The van der Waals surface area contributed by atoms with E-state index in [1.54, 1.807) is 0 Å². The van der Waals surface area contributed by atoms with Gasteiger partial charge in [-0.3, -0.25) is 9.11 Å². The third kappa shape index (κ3) is 8.67. The molecule has 0 aromatic rings. The van der Waals surface area contributed by atoms with Crippen molar-refractivity contribution >= 4 is 20.8 Å². The molecule has 11 atom stereocenters. The zero-order valence-electron chi connectivity index (χ0n) is 18.1. The lowest BCUT2D eigenvalue weighted by Crippen LogP contribution is -2.65. The van der Waals surface area contributed by atoms with Crippen LogP contribution in [0.1, 0.15) is 0 Å². The van der Waals surface area contributed by atoms with Crippen LogP contribution >= 0.6 is 0 Å². The number of aliphatic hydroxyl groups excluding tert-OH is 7. The Hall–Kier alpha value is -0.700. The van der Waals surface area contributed by atoms with Gasteiger partial charge in [-0.2, -0.15) is 16.8 Å². The fourth-order valence-electron chi connectivity index (χ4n) is 3.31. The third-order valence-corrected chi connectivity index (χ3v) is 5.93. The third-order valence-electron chi connectivity index (χ3n) is 5.04. The average Bonchev–Trinajstić information content (AvgIpc) is 2.78. The molecule has 2 aliphatic rings. The van der Waals surface area contributed by atoms with Crippen molar-refractivity contribution in [2.24, 2.45) is 0 Å². The molecule has 21 heteroatoms. The van der Waals surface area contributed by atoms with E-state index in [-0.39, 0.29) is 0 Å². The summed E-state index contributed by atoms with van der Waals surface area (Å²) in [4.78, 5) is 0. The number of hydrogen-bond donors (Lipinski definition) is 9. The normalized spacial score (nSPS) is 39.1. The van der Waals surface area contributed by atoms with Crippen molar-refractivity contribution in [3.63, 3.8) is 0 Å².